The smallest absolute Gasteiger partial charge is 0.0950 e. The molecule has 0 unspecified atom stereocenters. The molecule has 0 aliphatic carbocycles. The summed E-state index contributed by atoms with van der Waals surface area (Å²) in [5.74, 6) is 0. The average molecular weight is 225 g/mol. The summed E-state index contributed by atoms with van der Waals surface area (Å²) in [6.45, 7) is 8.70. The van der Waals surface area contributed by atoms with Crippen LogP contribution in [0, 0.1) is 0 Å². The molecular formula is C12H23N3O. The van der Waals surface area contributed by atoms with Gasteiger partial charge in [0.1, 0.15) is 0 Å². The Kier molecular flexibility index (Phi) is 6.85. The highest BCUT2D eigenvalue weighted by atomic mass is 16.5. The molecular weight excluding hydrogens is 202 g/mol. The number of ether oxygens (including phenoxy) is 1. The standard InChI is InChI=1S/C12H23N3O/c1-3-5-13-9-12-10-15(11-14-12)6-8-16-7-4-2/h10-11,13H,3-9H2,1-2H3. The van der Waals surface area contributed by atoms with Gasteiger partial charge in [-0.15, -0.1) is 0 Å². The van der Waals surface area contributed by atoms with Gasteiger partial charge in [-0.25, -0.2) is 4.98 Å². The van der Waals surface area contributed by atoms with E-state index in [-0.39, 0.29) is 0 Å². The molecule has 0 atom stereocenters. The molecule has 0 amide bonds. The van der Waals surface area contributed by atoms with Crippen molar-refractivity contribution in [1.29, 1.82) is 0 Å². The van der Waals surface area contributed by atoms with Crippen LogP contribution >= 0.6 is 0 Å². The van der Waals surface area contributed by atoms with Crippen LogP contribution in [0.4, 0.5) is 0 Å². The first-order valence-corrected chi connectivity index (χ1v) is 6.16. The second-order valence-corrected chi connectivity index (χ2v) is 3.89. The summed E-state index contributed by atoms with van der Waals surface area (Å²) < 4.78 is 7.51. The van der Waals surface area contributed by atoms with Gasteiger partial charge in [0.25, 0.3) is 0 Å². The first-order chi connectivity index (χ1) is 7.86. The van der Waals surface area contributed by atoms with Crippen molar-refractivity contribution in [2.24, 2.45) is 0 Å². The molecule has 1 rings (SSSR count). The highest BCUT2D eigenvalue weighted by Crippen LogP contribution is 1.96. The number of imidazole rings is 1. The third kappa shape index (κ3) is 5.28. The van der Waals surface area contributed by atoms with Crippen LogP contribution in [0.3, 0.4) is 0 Å². The molecule has 0 aromatic carbocycles. The molecule has 92 valence electrons. The largest absolute Gasteiger partial charge is 0.380 e. The predicted octanol–water partition coefficient (Wildman–Crippen LogP) is 1.81. The van der Waals surface area contributed by atoms with E-state index in [1.165, 1.54) is 0 Å². The molecule has 16 heavy (non-hydrogen) atoms. The van der Waals surface area contributed by atoms with Crippen molar-refractivity contribution >= 4 is 0 Å². The van der Waals surface area contributed by atoms with Gasteiger partial charge in [0.15, 0.2) is 0 Å². The van der Waals surface area contributed by atoms with Crippen molar-refractivity contribution in [3.8, 4) is 0 Å². The van der Waals surface area contributed by atoms with Gasteiger partial charge in [0.05, 0.1) is 18.6 Å². The van der Waals surface area contributed by atoms with Crippen LogP contribution in [0.15, 0.2) is 12.5 Å². The fourth-order valence-corrected chi connectivity index (χ4v) is 1.43. The van der Waals surface area contributed by atoms with Crippen LogP contribution in [0.1, 0.15) is 32.4 Å². The van der Waals surface area contributed by atoms with Crippen molar-refractivity contribution in [2.45, 2.75) is 39.8 Å². The fourth-order valence-electron chi connectivity index (χ4n) is 1.43. The zero-order valence-corrected chi connectivity index (χ0v) is 10.4. The third-order valence-corrected chi connectivity index (χ3v) is 2.26. The van der Waals surface area contributed by atoms with Crippen LogP contribution in [-0.4, -0.2) is 29.3 Å². The summed E-state index contributed by atoms with van der Waals surface area (Å²) in [4.78, 5) is 4.33. The van der Waals surface area contributed by atoms with Crippen LogP contribution in [0.25, 0.3) is 0 Å². The molecule has 1 aromatic rings. The number of hydrogen-bond donors (Lipinski definition) is 1. The van der Waals surface area contributed by atoms with E-state index in [2.05, 4.69) is 34.9 Å². The maximum Gasteiger partial charge on any atom is 0.0950 e. The molecule has 0 saturated carbocycles. The van der Waals surface area contributed by atoms with E-state index < -0.39 is 0 Å². The molecule has 0 bridgehead atoms. The second-order valence-electron chi connectivity index (χ2n) is 3.89. The minimum Gasteiger partial charge on any atom is -0.380 e. The molecule has 4 heteroatoms. The minimum atomic E-state index is 0.770. The van der Waals surface area contributed by atoms with Crippen LogP contribution in [-0.2, 0) is 17.8 Å². The number of rotatable bonds is 9. The molecule has 0 aliphatic rings. The number of nitrogens with zero attached hydrogens (tertiary/aromatic N) is 2. The van der Waals surface area contributed by atoms with Gasteiger partial charge in [0.2, 0.25) is 0 Å². The summed E-state index contributed by atoms with van der Waals surface area (Å²) in [6, 6.07) is 0. The zero-order valence-electron chi connectivity index (χ0n) is 10.4. The van der Waals surface area contributed by atoms with Gasteiger partial charge in [-0.05, 0) is 19.4 Å². The van der Waals surface area contributed by atoms with E-state index in [0.717, 1.165) is 51.4 Å². The molecule has 0 saturated heterocycles. The predicted molar refractivity (Wildman–Crippen MR) is 65.3 cm³/mol. The lowest BCUT2D eigenvalue weighted by Gasteiger charge is -2.02. The zero-order chi connectivity index (χ0) is 11.6. The van der Waals surface area contributed by atoms with Crippen LogP contribution in [0.5, 0.6) is 0 Å². The van der Waals surface area contributed by atoms with E-state index >= 15 is 0 Å². The average Bonchev–Trinajstić information content (AvgIpc) is 2.73. The summed E-state index contributed by atoms with van der Waals surface area (Å²) >= 11 is 0. The lowest BCUT2D eigenvalue weighted by atomic mass is 10.4. The third-order valence-electron chi connectivity index (χ3n) is 2.26. The Morgan fingerprint density at radius 2 is 2.19 bits per heavy atom. The van der Waals surface area contributed by atoms with Gasteiger partial charge < -0.3 is 14.6 Å². The first-order valence-electron chi connectivity index (χ1n) is 6.16. The van der Waals surface area contributed by atoms with Gasteiger partial charge in [-0.3, -0.25) is 0 Å². The molecule has 1 N–H and O–H groups in total. The number of aromatic nitrogens is 2. The summed E-state index contributed by atoms with van der Waals surface area (Å²) in [6.07, 6.45) is 6.19. The molecule has 0 aliphatic heterocycles. The molecule has 1 aromatic heterocycles. The van der Waals surface area contributed by atoms with Crippen LogP contribution < -0.4 is 5.32 Å². The molecule has 0 spiro atoms. The lowest BCUT2D eigenvalue weighted by Crippen LogP contribution is -2.14. The Morgan fingerprint density at radius 1 is 1.31 bits per heavy atom. The SMILES string of the molecule is CCCNCc1cn(CCOCCC)cn1. The number of nitrogens with one attached hydrogen (secondary N) is 1. The van der Waals surface area contributed by atoms with Crippen molar-refractivity contribution < 1.29 is 4.74 Å². The monoisotopic (exact) mass is 225 g/mol. The van der Waals surface area contributed by atoms with Gasteiger partial charge in [-0.2, -0.15) is 0 Å². The molecule has 0 fully saturated rings. The van der Waals surface area contributed by atoms with Crippen molar-refractivity contribution in [1.82, 2.24) is 14.9 Å². The lowest BCUT2D eigenvalue weighted by molar-refractivity contribution is 0.127. The van der Waals surface area contributed by atoms with Crippen molar-refractivity contribution in [2.75, 3.05) is 19.8 Å². The Balaban J connectivity index is 2.17. The highest BCUT2D eigenvalue weighted by molar-refractivity contribution is 4.95. The van der Waals surface area contributed by atoms with E-state index in [0.29, 0.717) is 0 Å². The van der Waals surface area contributed by atoms with Crippen molar-refractivity contribution in [3.63, 3.8) is 0 Å². The number of hydrogen-bond acceptors (Lipinski definition) is 3. The molecule has 4 nitrogen and oxygen atoms in total. The first kappa shape index (κ1) is 13.2. The second kappa shape index (κ2) is 8.30. The van der Waals surface area contributed by atoms with Gasteiger partial charge >= 0.3 is 0 Å². The topological polar surface area (TPSA) is 39.1 Å². The van der Waals surface area contributed by atoms with E-state index in [1.54, 1.807) is 0 Å². The van der Waals surface area contributed by atoms with Gasteiger partial charge in [-0.1, -0.05) is 13.8 Å². The maximum absolute atomic E-state index is 5.43. The minimum absolute atomic E-state index is 0.770. The summed E-state index contributed by atoms with van der Waals surface area (Å²) in [5, 5.41) is 3.33. The normalized spacial score (nSPS) is 10.9. The maximum atomic E-state index is 5.43. The van der Waals surface area contributed by atoms with Gasteiger partial charge in [0, 0.05) is 25.9 Å². The summed E-state index contributed by atoms with van der Waals surface area (Å²) in [7, 11) is 0. The van der Waals surface area contributed by atoms with E-state index in [9.17, 15) is 0 Å². The summed E-state index contributed by atoms with van der Waals surface area (Å²) in [5.41, 5.74) is 1.10. The van der Waals surface area contributed by atoms with E-state index in [1.807, 2.05) is 6.33 Å². The Hall–Kier alpha value is -0.870. The quantitative estimate of drug-likeness (QED) is 0.651. The molecule has 1 heterocycles. The Labute approximate surface area is 98.0 Å². The Bertz CT molecular complexity index is 273. The highest BCUT2D eigenvalue weighted by Gasteiger charge is 1.97. The van der Waals surface area contributed by atoms with Crippen LogP contribution in [0.2, 0.25) is 0 Å². The molecule has 0 radical (unpaired) electrons. The Morgan fingerprint density at radius 3 is 2.94 bits per heavy atom. The van der Waals surface area contributed by atoms with E-state index in [4.69, 9.17) is 4.74 Å². The fraction of sp³-hybridized carbons (Fsp3) is 0.750. The van der Waals surface area contributed by atoms with Crippen molar-refractivity contribution in [3.05, 3.63) is 18.2 Å².